The van der Waals surface area contributed by atoms with Gasteiger partial charge in [-0.2, -0.15) is 0 Å². The Hall–Kier alpha value is -2.25. The molecule has 0 saturated carbocycles. The molecule has 1 N–H and O–H groups in total. The first-order chi connectivity index (χ1) is 12.3. The zero-order chi connectivity index (χ0) is 19.2. The molecular weight excluding hydrogens is 350 g/mol. The number of hydrogen-bond donors (Lipinski definition) is 1. The van der Waals surface area contributed by atoms with Crippen molar-refractivity contribution in [1.82, 2.24) is 14.6 Å². The molecule has 6 nitrogen and oxygen atoms in total. The quantitative estimate of drug-likeness (QED) is 0.766. The highest BCUT2D eigenvalue weighted by molar-refractivity contribution is 7.89. The molecule has 1 aromatic heterocycles. The van der Waals surface area contributed by atoms with Crippen LogP contribution in [-0.2, 0) is 21.2 Å². The molecule has 0 bridgehead atoms. The maximum atomic E-state index is 12.4. The third kappa shape index (κ3) is 5.64. The predicted octanol–water partition coefficient (Wildman–Crippen LogP) is 2.07. The van der Waals surface area contributed by atoms with Gasteiger partial charge in [-0.05, 0) is 43.2 Å². The number of amides is 1. The summed E-state index contributed by atoms with van der Waals surface area (Å²) in [5.41, 5.74) is 2.48. The lowest BCUT2D eigenvalue weighted by atomic mass is 10.2. The lowest BCUT2D eigenvalue weighted by Gasteiger charge is -2.17. The molecule has 7 heteroatoms. The van der Waals surface area contributed by atoms with Gasteiger partial charge >= 0.3 is 0 Å². The lowest BCUT2D eigenvalue weighted by molar-refractivity contribution is -0.129. The highest BCUT2D eigenvalue weighted by Crippen LogP contribution is 2.16. The number of aryl methyl sites for hydroxylation is 2. The van der Waals surface area contributed by atoms with Crippen LogP contribution in [0.25, 0.3) is 0 Å². The van der Waals surface area contributed by atoms with Crippen molar-refractivity contribution >= 4 is 15.9 Å². The summed E-state index contributed by atoms with van der Waals surface area (Å²) < 4.78 is 27.4. The van der Waals surface area contributed by atoms with Gasteiger partial charge in [-0.3, -0.25) is 9.78 Å². The van der Waals surface area contributed by atoms with E-state index in [4.69, 9.17) is 0 Å². The fourth-order valence-electron chi connectivity index (χ4n) is 2.51. The van der Waals surface area contributed by atoms with Crippen LogP contribution < -0.4 is 4.72 Å². The Kier molecular flexibility index (Phi) is 6.88. The smallest absolute Gasteiger partial charge is 0.240 e. The van der Waals surface area contributed by atoms with Crippen LogP contribution in [0.1, 0.15) is 23.2 Å². The van der Waals surface area contributed by atoms with Crippen LogP contribution in [0.2, 0.25) is 0 Å². The summed E-state index contributed by atoms with van der Waals surface area (Å²) in [6, 6.07) is 11.0. The molecule has 2 aromatic rings. The average Bonchev–Trinajstić information content (AvgIpc) is 2.62. The Morgan fingerprint density at radius 3 is 2.65 bits per heavy atom. The van der Waals surface area contributed by atoms with Crippen molar-refractivity contribution in [2.45, 2.75) is 31.6 Å². The summed E-state index contributed by atoms with van der Waals surface area (Å²) in [5.74, 6) is -0.107. The Labute approximate surface area is 155 Å². The van der Waals surface area contributed by atoms with Gasteiger partial charge in [0.15, 0.2) is 0 Å². The molecular formula is C19H25N3O3S. The molecule has 0 radical (unpaired) electrons. The van der Waals surface area contributed by atoms with Crippen molar-refractivity contribution in [3.8, 4) is 0 Å². The van der Waals surface area contributed by atoms with Crippen molar-refractivity contribution in [1.29, 1.82) is 0 Å². The van der Waals surface area contributed by atoms with Crippen LogP contribution in [-0.4, -0.2) is 44.3 Å². The summed E-state index contributed by atoms with van der Waals surface area (Å²) in [6.07, 6.45) is 2.50. The van der Waals surface area contributed by atoms with Crippen molar-refractivity contribution in [3.05, 3.63) is 59.4 Å². The third-order valence-corrected chi connectivity index (χ3v) is 5.72. The maximum absolute atomic E-state index is 12.4. The largest absolute Gasteiger partial charge is 0.345 e. The van der Waals surface area contributed by atoms with Gasteiger partial charge in [0, 0.05) is 44.9 Å². The van der Waals surface area contributed by atoms with Gasteiger partial charge in [0.1, 0.15) is 0 Å². The van der Waals surface area contributed by atoms with Crippen molar-refractivity contribution in [2.24, 2.45) is 0 Å². The molecule has 1 amide bonds. The van der Waals surface area contributed by atoms with E-state index in [0.29, 0.717) is 18.5 Å². The second kappa shape index (κ2) is 8.91. The molecule has 26 heavy (non-hydrogen) atoms. The van der Waals surface area contributed by atoms with Gasteiger partial charge in [0.05, 0.1) is 4.90 Å². The molecule has 0 spiro atoms. The number of nitrogens with one attached hydrogen (secondary N) is 1. The number of benzene rings is 1. The van der Waals surface area contributed by atoms with E-state index in [1.807, 2.05) is 31.2 Å². The van der Waals surface area contributed by atoms with Gasteiger partial charge in [0.2, 0.25) is 15.9 Å². The Bertz CT molecular complexity index is 852. The van der Waals surface area contributed by atoms with Gasteiger partial charge in [-0.15, -0.1) is 0 Å². The Morgan fingerprint density at radius 1 is 1.19 bits per heavy atom. The number of sulfonamides is 1. The Balaban J connectivity index is 1.84. The number of hydrogen-bond acceptors (Lipinski definition) is 4. The molecule has 0 aliphatic rings. The molecule has 1 aromatic carbocycles. The van der Waals surface area contributed by atoms with Gasteiger partial charge < -0.3 is 4.90 Å². The van der Waals surface area contributed by atoms with E-state index in [0.717, 1.165) is 11.3 Å². The van der Waals surface area contributed by atoms with E-state index in [1.54, 1.807) is 37.2 Å². The van der Waals surface area contributed by atoms with E-state index >= 15 is 0 Å². The number of pyridine rings is 1. The summed E-state index contributed by atoms with van der Waals surface area (Å²) in [7, 11) is -1.91. The lowest BCUT2D eigenvalue weighted by Crippen LogP contribution is -2.33. The first-order valence-corrected chi connectivity index (χ1v) is 9.99. The summed E-state index contributed by atoms with van der Waals surface area (Å²) in [4.78, 5) is 18.3. The van der Waals surface area contributed by atoms with Crippen molar-refractivity contribution in [3.63, 3.8) is 0 Å². The van der Waals surface area contributed by atoms with E-state index in [9.17, 15) is 13.2 Å². The number of carbonyl (C=O) groups is 1. The van der Waals surface area contributed by atoms with Gasteiger partial charge in [0.25, 0.3) is 0 Å². The summed E-state index contributed by atoms with van der Waals surface area (Å²) >= 11 is 0. The van der Waals surface area contributed by atoms with Crippen LogP contribution in [0.4, 0.5) is 0 Å². The van der Waals surface area contributed by atoms with E-state index in [1.165, 1.54) is 0 Å². The highest BCUT2D eigenvalue weighted by Gasteiger charge is 2.17. The second-order valence-corrected chi connectivity index (χ2v) is 8.04. The molecule has 0 aliphatic carbocycles. The first kappa shape index (κ1) is 20.1. The van der Waals surface area contributed by atoms with Crippen LogP contribution in [0.5, 0.6) is 0 Å². The summed E-state index contributed by atoms with van der Waals surface area (Å²) in [5, 5.41) is 0. The number of carbonyl (C=O) groups excluding carboxylic acids is 1. The molecule has 0 fully saturated rings. The first-order valence-electron chi connectivity index (χ1n) is 8.50. The molecule has 1 heterocycles. The number of aromatic nitrogens is 1. The average molecular weight is 375 g/mol. The number of likely N-dealkylation sites (N-methyl/N-ethyl adjacent to an activating group) is 1. The van der Waals surface area contributed by atoms with Gasteiger partial charge in [-0.1, -0.05) is 18.2 Å². The SMILES string of the molecule is Cc1ccc(C)c(S(=O)(=O)NCCC(=O)N(C)CCc2ccccn2)c1. The molecule has 140 valence electrons. The second-order valence-electron chi connectivity index (χ2n) is 6.30. The maximum Gasteiger partial charge on any atom is 0.240 e. The molecule has 0 atom stereocenters. The minimum Gasteiger partial charge on any atom is -0.345 e. The topological polar surface area (TPSA) is 79.4 Å². The summed E-state index contributed by atoms with van der Waals surface area (Å²) in [6.45, 7) is 4.21. The van der Waals surface area contributed by atoms with Crippen LogP contribution in [0, 0.1) is 13.8 Å². The standard InChI is InChI=1S/C19H25N3O3S/c1-15-7-8-16(2)18(14-15)26(24,25)21-12-9-19(23)22(3)13-10-17-6-4-5-11-20-17/h4-8,11,14,21H,9-10,12-13H2,1-3H3. The number of nitrogens with zero attached hydrogens (tertiary/aromatic N) is 2. The Morgan fingerprint density at radius 2 is 1.96 bits per heavy atom. The van der Waals surface area contributed by atoms with Crippen molar-refractivity contribution in [2.75, 3.05) is 20.1 Å². The zero-order valence-electron chi connectivity index (χ0n) is 15.4. The molecule has 0 saturated heterocycles. The third-order valence-electron chi connectivity index (χ3n) is 4.12. The molecule has 0 aliphatic heterocycles. The van der Waals surface area contributed by atoms with Crippen LogP contribution in [0.3, 0.4) is 0 Å². The van der Waals surface area contributed by atoms with E-state index < -0.39 is 10.0 Å². The van der Waals surface area contributed by atoms with E-state index in [2.05, 4.69) is 9.71 Å². The monoisotopic (exact) mass is 375 g/mol. The van der Waals surface area contributed by atoms with Gasteiger partial charge in [-0.25, -0.2) is 13.1 Å². The van der Waals surface area contributed by atoms with E-state index in [-0.39, 0.29) is 23.8 Å². The molecule has 0 unspecified atom stereocenters. The fraction of sp³-hybridized carbons (Fsp3) is 0.368. The fourth-order valence-corrected chi connectivity index (χ4v) is 3.87. The van der Waals surface area contributed by atoms with Crippen LogP contribution >= 0.6 is 0 Å². The number of rotatable bonds is 8. The normalized spacial score (nSPS) is 11.3. The zero-order valence-corrected chi connectivity index (χ0v) is 16.2. The minimum absolute atomic E-state index is 0.0719. The highest BCUT2D eigenvalue weighted by atomic mass is 32.2. The minimum atomic E-state index is -3.62. The molecule has 2 rings (SSSR count). The predicted molar refractivity (Wildman–Crippen MR) is 101 cm³/mol. The van der Waals surface area contributed by atoms with Crippen LogP contribution in [0.15, 0.2) is 47.5 Å². The van der Waals surface area contributed by atoms with Crippen molar-refractivity contribution < 1.29 is 13.2 Å².